The van der Waals surface area contributed by atoms with Gasteiger partial charge in [0.2, 0.25) is 11.8 Å². The number of nitrogens with one attached hydrogen (secondary N) is 3. The smallest absolute Gasteiger partial charge is 0.387 e. The monoisotopic (exact) mass is 574 g/mol. The van der Waals surface area contributed by atoms with Crippen molar-refractivity contribution in [1.29, 1.82) is 0 Å². The van der Waals surface area contributed by atoms with E-state index >= 15 is 0 Å². The van der Waals surface area contributed by atoms with Crippen LogP contribution in [-0.2, 0) is 21.7 Å². The predicted molar refractivity (Wildman–Crippen MR) is 138 cm³/mol. The van der Waals surface area contributed by atoms with Crippen LogP contribution in [0.5, 0.6) is 11.5 Å². The van der Waals surface area contributed by atoms with E-state index in [1.165, 1.54) is 41.5 Å². The molecule has 4 heterocycles. The van der Waals surface area contributed by atoms with E-state index in [9.17, 15) is 28.0 Å². The molecule has 2 aromatic heterocycles. The van der Waals surface area contributed by atoms with Crippen molar-refractivity contribution in [3.05, 3.63) is 40.5 Å². The van der Waals surface area contributed by atoms with E-state index in [4.69, 9.17) is 4.74 Å². The number of alkyl halides is 2. The lowest BCUT2D eigenvalue weighted by atomic mass is 10.0. The number of rotatable bonds is 7. The Hall–Kier alpha value is -4.40. The number of benzene rings is 1. The number of ether oxygens (including phenoxy) is 2. The number of aromatic nitrogens is 2. The summed E-state index contributed by atoms with van der Waals surface area (Å²) >= 11 is 1.18. The fraction of sp³-hybridized carbons (Fsp3) is 0.360. The van der Waals surface area contributed by atoms with Crippen molar-refractivity contribution in [2.45, 2.75) is 51.4 Å². The molecule has 0 radical (unpaired) electrons. The molecule has 40 heavy (non-hydrogen) atoms. The molecular weight excluding hydrogens is 550 g/mol. The molecule has 5 amide bonds. The Morgan fingerprint density at radius 3 is 2.70 bits per heavy atom. The van der Waals surface area contributed by atoms with Crippen molar-refractivity contribution in [1.82, 2.24) is 25.5 Å². The zero-order valence-electron chi connectivity index (χ0n) is 21.5. The summed E-state index contributed by atoms with van der Waals surface area (Å²) in [6.07, 6.45) is 0.358. The van der Waals surface area contributed by atoms with Gasteiger partial charge in [0.25, 0.3) is 5.91 Å². The summed E-state index contributed by atoms with van der Waals surface area (Å²) in [5, 5.41) is 8.09. The minimum Gasteiger partial charge on any atom is -0.497 e. The van der Waals surface area contributed by atoms with Gasteiger partial charge in [0.05, 0.1) is 35.2 Å². The average molecular weight is 575 g/mol. The van der Waals surface area contributed by atoms with Gasteiger partial charge in [0.1, 0.15) is 28.1 Å². The van der Waals surface area contributed by atoms with E-state index in [2.05, 4.69) is 30.7 Å². The molecule has 1 fully saturated rings. The quantitative estimate of drug-likeness (QED) is 0.364. The number of methoxy groups -OCH3 is 1. The molecule has 1 aromatic carbocycles. The summed E-state index contributed by atoms with van der Waals surface area (Å²) in [6, 6.07) is 4.54. The number of hydrogen-bond donors (Lipinski definition) is 3. The SMILES string of the molecule is COc1cc(OC(F)F)c2nc(C(C)(C)NC(=O)Nc3ccc4c(n3)CN(C3CCC(=O)NC3=O)C4=O)sc2c1. The van der Waals surface area contributed by atoms with Gasteiger partial charge in [-0.1, -0.05) is 0 Å². The van der Waals surface area contributed by atoms with E-state index in [0.29, 0.717) is 26.7 Å². The number of anilines is 1. The number of thiazole rings is 1. The van der Waals surface area contributed by atoms with Gasteiger partial charge in [-0.3, -0.25) is 25.0 Å². The van der Waals surface area contributed by atoms with Gasteiger partial charge in [-0.15, -0.1) is 11.3 Å². The number of carbonyl (C=O) groups excluding carboxylic acids is 4. The third-order valence-electron chi connectivity index (χ3n) is 6.46. The first-order valence-electron chi connectivity index (χ1n) is 12.1. The first-order valence-corrected chi connectivity index (χ1v) is 12.9. The molecule has 0 aliphatic carbocycles. The van der Waals surface area contributed by atoms with Crippen molar-refractivity contribution in [3.63, 3.8) is 0 Å². The number of hydrogen-bond acceptors (Lipinski definition) is 9. The van der Waals surface area contributed by atoms with Gasteiger partial charge in [-0.05, 0) is 38.5 Å². The average Bonchev–Trinajstić information content (AvgIpc) is 3.45. The molecule has 12 nitrogen and oxygen atoms in total. The summed E-state index contributed by atoms with van der Waals surface area (Å²) < 4.78 is 36.2. The van der Waals surface area contributed by atoms with Crippen LogP contribution in [0.1, 0.15) is 47.7 Å². The molecule has 210 valence electrons. The molecule has 1 unspecified atom stereocenters. The second-order valence-corrected chi connectivity index (χ2v) is 10.7. The normalized spacial score (nSPS) is 17.2. The molecule has 0 saturated carbocycles. The van der Waals surface area contributed by atoms with E-state index in [-0.39, 0.29) is 48.3 Å². The molecule has 3 N–H and O–H groups in total. The summed E-state index contributed by atoms with van der Waals surface area (Å²) in [5.41, 5.74) is -0.124. The third-order valence-corrected chi connectivity index (χ3v) is 7.79. The van der Waals surface area contributed by atoms with E-state index in [1.54, 1.807) is 19.9 Å². The number of imide groups is 1. The fourth-order valence-corrected chi connectivity index (χ4v) is 5.61. The number of halogens is 2. The molecule has 5 rings (SSSR count). The van der Waals surface area contributed by atoms with Crippen molar-refractivity contribution >= 4 is 51.1 Å². The van der Waals surface area contributed by atoms with Crippen LogP contribution in [0.15, 0.2) is 24.3 Å². The van der Waals surface area contributed by atoms with Crippen LogP contribution in [0.25, 0.3) is 10.2 Å². The van der Waals surface area contributed by atoms with Crippen molar-refractivity contribution < 1.29 is 37.4 Å². The van der Waals surface area contributed by atoms with Crippen LogP contribution in [0.3, 0.4) is 0 Å². The topological polar surface area (TPSA) is 152 Å². The van der Waals surface area contributed by atoms with E-state index in [1.807, 2.05) is 0 Å². The first kappa shape index (κ1) is 27.2. The number of carbonyl (C=O) groups is 4. The van der Waals surface area contributed by atoms with E-state index < -0.39 is 30.1 Å². The van der Waals surface area contributed by atoms with Crippen LogP contribution in [0.2, 0.25) is 0 Å². The molecule has 0 bridgehead atoms. The highest BCUT2D eigenvalue weighted by Gasteiger charge is 2.40. The number of amides is 5. The minimum absolute atomic E-state index is 0.0568. The minimum atomic E-state index is -3.05. The lowest BCUT2D eigenvalue weighted by Crippen LogP contribution is -2.52. The van der Waals surface area contributed by atoms with Crippen LogP contribution < -0.4 is 25.4 Å². The van der Waals surface area contributed by atoms with Crippen LogP contribution >= 0.6 is 11.3 Å². The highest BCUT2D eigenvalue weighted by atomic mass is 32.1. The zero-order chi connectivity index (χ0) is 28.8. The summed E-state index contributed by atoms with van der Waals surface area (Å²) in [7, 11) is 1.40. The predicted octanol–water partition coefficient (Wildman–Crippen LogP) is 3.12. The van der Waals surface area contributed by atoms with Crippen LogP contribution in [0.4, 0.5) is 19.4 Å². The Balaban J connectivity index is 1.30. The molecule has 2 aliphatic heterocycles. The second kappa shape index (κ2) is 10.3. The standard InChI is InChI=1S/C25H24F2N6O6S/c1-25(2,22-31-19-15(39-23(26)27)8-11(38-3)9-16(19)40-22)32-24(37)29-17-6-4-12-13(28-17)10-33(21(12)36)14-5-7-18(34)30-20(14)35/h4,6,8-9,14,23H,5,7,10H2,1-3H3,(H,30,34,35)(H2,28,29,32,37). The fourth-order valence-electron chi connectivity index (χ4n) is 4.54. The maximum absolute atomic E-state index is 12.9. The molecule has 3 aromatic rings. The Morgan fingerprint density at radius 2 is 2.00 bits per heavy atom. The Kier molecular flexibility index (Phi) is 6.99. The van der Waals surface area contributed by atoms with Crippen LogP contribution in [-0.4, -0.2) is 58.4 Å². The molecule has 0 spiro atoms. The lowest BCUT2D eigenvalue weighted by Gasteiger charge is -2.29. The summed E-state index contributed by atoms with van der Waals surface area (Å²) in [6.45, 7) is 0.397. The number of nitrogens with zero attached hydrogens (tertiary/aromatic N) is 3. The highest BCUT2D eigenvalue weighted by Crippen LogP contribution is 2.38. The number of pyridine rings is 1. The van der Waals surface area contributed by atoms with Gasteiger partial charge in [-0.2, -0.15) is 8.78 Å². The largest absolute Gasteiger partial charge is 0.497 e. The third kappa shape index (κ3) is 5.23. The van der Waals surface area contributed by atoms with Gasteiger partial charge in [0, 0.05) is 12.5 Å². The van der Waals surface area contributed by atoms with Crippen molar-refractivity contribution in [2.24, 2.45) is 0 Å². The maximum Gasteiger partial charge on any atom is 0.387 e. The summed E-state index contributed by atoms with van der Waals surface area (Å²) in [5.74, 6) is -0.937. The highest BCUT2D eigenvalue weighted by molar-refractivity contribution is 7.18. The molecule has 2 aliphatic rings. The summed E-state index contributed by atoms with van der Waals surface area (Å²) in [4.78, 5) is 59.6. The molecular formula is C25H24F2N6O6S. The molecule has 15 heteroatoms. The second-order valence-electron chi connectivity index (χ2n) is 9.66. The number of fused-ring (bicyclic) bond motifs is 2. The van der Waals surface area contributed by atoms with Gasteiger partial charge in [0.15, 0.2) is 5.75 Å². The molecule has 1 saturated heterocycles. The van der Waals surface area contributed by atoms with Gasteiger partial charge >= 0.3 is 12.6 Å². The maximum atomic E-state index is 12.9. The zero-order valence-corrected chi connectivity index (χ0v) is 22.4. The first-order chi connectivity index (χ1) is 18.9. The van der Waals surface area contributed by atoms with Gasteiger partial charge < -0.3 is 19.7 Å². The Labute approximate surface area is 230 Å². The Bertz CT molecular complexity index is 1540. The molecule has 1 atom stereocenters. The lowest BCUT2D eigenvalue weighted by molar-refractivity contribution is -0.136. The van der Waals surface area contributed by atoms with Crippen molar-refractivity contribution in [2.75, 3.05) is 12.4 Å². The van der Waals surface area contributed by atoms with E-state index in [0.717, 1.165) is 0 Å². The number of urea groups is 1. The van der Waals surface area contributed by atoms with Crippen LogP contribution in [0, 0.1) is 0 Å². The van der Waals surface area contributed by atoms with Crippen molar-refractivity contribution in [3.8, 4) is 11.5 Å². The van der Waals surface area contributed by atoms with Gasteiger partial charge in [-0.25, -0.2) is 14.8 Å². The number of piperidine rings is 1. The Morgan fingerprint density at radius 1 is 1.23 bits per heavy atom.